The molecule has 0 atom stereocenters. The standard InChI is InChI=1S/C14H24N4O2/c1-9(2)8-18-12(15)11(13(19)17-14(18)20)16-7-6-10-4-3-5-10/h9-10,16H,3-8,15H2,1-2H3,(H,17,19,20). The minimum atomic E-state index is -0.439. The van der Waals surface area contributed by atoms with Crippen LogP contribution in [-0.2, 0) is 6.54 Å². The zero-order chi connectivity index (χ0) is 14.7. The van der Waals surface area contributed by atoms with Crippen molar-refractivity contribution in [3.8, 4) is 0 Å². The van der Waals surface area contributed by atoms with Crippen molar-refractivity contribution < 1.29 is 0 Å². The van der Waals surface area contributed by atoms with Gasteiger partial charge in [-0.3, -0.25) is 14.3 Å². The summed E-state index contributed by atoms with van der Waals surface area (Å²) in [4.78, 5) is 26.0. The summed E-state index contributed by atoms with van der Waals surface area (Å²) in [6, 6.07) is 0. The third-order valence-corrected chi connectivity index (χ3v) is 3.87. The van der Waals surface area contributed by atoms with Gasteiger partial charge in [0.05, 0.1) is 0 Å². The Labute approximate surface area is 118 Å². The molecule has 4 N–H and O–H groups in total. The molecule has 0 saturated heterocycles. The number of nitrogens with zero attached hydrogens (tertiary/aromatic N) is 1. The van der Waals surface area contributed by atoms with Gasteiger partial charge >= 0.3 is 5.69 Å². The lowest BCUT2D eigenvalue weighted by atomic mass is 9.83. The number of rotatable bonds is 6. The van der Waals surface area contributed by atoms with Gasteiger partial charge in [-0.05, 0) is 18.3 Å². The molecule has 2 rings (SSSR count). The van der Waals surface area contributed by atoms with Crippen LogP contribution >= 0.6 is 0 Å². The number of nitrogens with one attached hydrogen (secondary N) is 2. The highest BCUT2D eigenvalue weighted by atomic mass is 16.2. The molecule has 0 amide bonds. The van der Waals surface area contributed by atoms with Crippen LogP contribution in [0, 0.1) is 11.8 Å². The molecule has 0 spiro atoms. The molecule has 6 nitrogen and oxygen atoms in total. The van der Waals surface area contributed by atoms with Crippen LogP contribution in [0.2, 0.25) is 0 Å². The van der Waals surface area contributed by atoms with E-state index in [1.54, 1.807) is 0 Å². The Morgan fingerprint density at radius 2 is 2.10 bits per heavy atom. The van der Waals surface area contributed by atoms with Gasteiger partial charge in [-0.15, -0.1) is 0 Å². The van der Waals surface area contributed by atoms with Gasteiger partial charge < -0.3 is 11.1 Å². The van der Waals surface area contributed by atoms with Crippen LogP contribution in [0.25, 0.3) is 0 Å². The van der Waals surface area contributed by atoms with E-state index in [1.807, 2.05) is 13.8 Å². The lowest BCUT2D eigenvalue weighted by molar-refractivity contribution is 0.303. The number of hydrogen-bond acceptors (Lipinski definition) is 4. The van der Waals surface area contributed by atoms with E-state index in [-0.39, 0.29) is 11.7 Å². The number of hydrogen-bond donors (Lipinski definition) is 3. The van der Waals surface area contributed by atoms with E-state index in [0.29, 0.717) is 12.2 Å². The van der Waals surface area contributed by atoms with Gasteiger partial charge in [-0.1, -0.05) is 33.1 Å². The molecule has 6 heteroatoms. The van der Waals surface area contributed by atoms with E-state index in [2.05, 4.69) is 10.3 Å². The molecule has 20 heavy (non-hydrogen) atoms. The van der Waals surface area contributed by atoms with Crippen LogP contribution in [0.4, 0.5) is 11.5 Å². The Hall–Kier alpha value is -1.72. The highest BCUT2D eigenvalue weighted by Gasteiger charge is 2.18. The van der Waals surface area contributed by atoms with E-state index < -0.39 is 11.2 Å². The fraction of sp³-hybridized carbons (Fsp3) is 0.714. The number of aromatic nitrogens is 2. The van der Waals surface area contributed by atoms with Crippen molar-refractivity contribution in [1.29, 1.82) is 0 Å². The maximum absolute atomic E-state index is 11.8. The maximum Gasteiger partial charge on any atom is 0.330 e. The SMILES string of the molecule is CC(C)Cn1c(N)c(NCCC2CCC2)c(=O)[nH]c1=O. The van der Waals surface area contributed by atoms with Gasteiger partial charge in [0.2, 0.25) is 0 Å². The summed E-state index contributed by atoms with van der Waals surface area (Å²) in [7, 11) is 0. The van der Waals surface area contributed by atoms with Crippen LogP contribution in [-0.4, -0.2) is 16.1 Å². The Morgan fingerprint density at radius 3 is 2.65 bits per heavy atom. The molecule has 0 aromatic carbocycles. The Morgan fingerprint density at radius 1 is 1.40 bits per heavy atom. The first-order valence-corrected chi connectivity index (χ1v) is 7.35. The van der Waals surface area contributed by atoms with E-state index in [4.69, 9.17) is 5.73 Å². The molecule has 1 fully saturated rings. The molecule has 0 radical (unpaired) electrons. The van der Waals surface area contributed by atoms with Gasteiger partial charge in [0, 0.05) is 13.1 Å². The average molecular weight is 280 g/mol. The second kappa shape index (κ2) is 6.15. The Kier molecular flexibility index (Phi) is 4.52. The molecule has 1 aliphatic rings. The topological polar surface area (TPSA) is 92.9 Å². The molecule has 1 aromatic rings. The summed E-state index contributed by atoms with van der Waals surface area (Å²) in [5.74, 6) is 1.29. The van der Waals surface area contributed by atoms with Gasteiger partial charge in [0.15, 0.2) is 0 Å². The van der Waals surface area contributed by atoms with E-state index in [1.165, 1.54) is 23.8 Å². The summed E-state index contributed by atoms with van der Waals surface area (Å²) >= 11 is 0. The van der Waals surface area contributed by atoms with E-state index in [0.717, 1.165) is 18.9 Å². The predicted octanol–water partition coefficient (Wildman–Crippen LogP) is 1.38. The minimum absolute atomic E-state index is 0.237. The largest absolute Gasteiger partial charge is 0.383 e. The molecule has 1 heterocycles. The third-order valence-electron chi connectivity index (χ3n) is 3.87. The van der Waals surface area contributed by atoms with Crippen LogP contribution in [0.5, 0.6) is 0 Å². The number of H-pyrrole nitrogens is 1. The van der Waals surface area contributed by atoms with Gasteiger partial charge in [-0.25, -0.2) is 4.79 Å². The first-order chi connectivity index (χ1) is 9.49. The number of aromatic amines is 1. The number of nitrogens with two attached hydrogens (primary N) is 1. The fourth-order valence-corrected chi connectivity index (χ4v) is 2.49. The molecular weight excluding hydrogens is 256 g/mol. The normalized spacial score (nSPS) is 15.3. The number of anilines is 2. The molecule has 0 bridgehead atoms. The van der Waals surface area contributed by atoms with Crippen LogP contribution in [0.1, 0.15) is 39.5 Å². The van der Waals surface area contributed by atoms with Gasteiger partial charge in [0.25, 0.3) is 5.56 Å². The summed E-state index contributed by atoms with van der Waals surface area (Å²) in [6.45, 7) is 5.22. The maximum atomic E-state index is 11.8. The summed E-state index contributed by atoms with van der Waals surface area (Å²) in [6.07, 6.45) is 4.91. The zero-order valence-electron chi connectivity index (χ0n) is 12.2. The monoisotopic (exact) mass is 280 g/mol. The summed E-state index contributed by atoms with van der Waals surface area (Å²) in [5, 5.41) is 3.09. The quantitative estimate of drug-likeness (QED) is 0.734. The van der Waals surface area contributed by atoms with Crippen molar-refractivity contribution in [2.75, 3.05) is 17.6 Å². The first-order valence-electron chi connectivity index (χ1n) is 7.35. The van der Waals surface area contributed by atoms with Crippen molar-refractivity contribution in [2.45, 2.75) is 46.1 Å². The zero-order valence-corrected chi connectivity index (χ0v) is 12.2. The summed E-state index contributed by atoms with van der Waals surface area (Å²) < 4.78 is 1.43. The molecule has 1 saturated carbocycles. The van der Waals surface area contributed by atoms with Crippen LogP contribution < -0.4 is 22.3 Å². The van der Waals surface area contributed by atoms with Crippen molar-refractivity contribution >= 4 is 11.5 Å². The lowest BCUT2D eigenvalue weighted by Crippen LogP contribution is -2.35. The minimum Gasteiger partial charge on any atom is -0.383 e. The van der Waals surface area contributed by atoms with E-state index >= 15 is 0 Å². The van der Waals surface area contributed by atoms with E-state index in [9.17, 15) is 9.59 Å². The van der Waals surface area contributed by atoms with Crippen molar-refractivity contribution in [3.05, 3.63) is 20.8 Å². The first kappa shape index (κ1) is 14.7. The van der Waals surface area contributed by atoms with Crippen LogP contribution in [0.3, 0.4) is 0 Å². The van der Waals surface area contributed by atoms with Gasteiger partial charge in [-0.2, -0.15) is 0 Å². The highest BCUT2D eigenvalue weighted by Crippen LogP contribution is 2.29. The molecule has 1 aliphatic carbocycles. The van der Waals surface area contributed by atoms with Crippen LogP contribution in [0.15, 0.2) is 9.59 Å². The molecule has 1 aromatic heterocycles. The Balaban J connectivity index is 2.13. The average Bonchev–Trinajstić information content (AvgIpc) is 2.30. The molecule has 0 unspecified atom stereocenters. The lowest BCUT2D eigenvalue weighted by Gasteiger charge is -2.25. The smallest absolute Gasteiger partial charge is 0.330 e. The molecule has 0 aliphatic heterocycles. The van der Waals surface area contributed by atoms with Crippen molar-refractivity contribution in [1.82, 2.24) is 9.55 Å². The second-order valence-corrected chi connectivity index (χ2v) is 6.04. The number of nitrogen functional groups attached to an aromatic ring is 1. The fourth-order valence-electron chi connectivity index (χ4n) is 2.49. The van der Waals surface area contributed by atoms with Gasteiger partial charge in [0.1, 0.15) is 11.5 Å². The molecule has 112 valence electrons. The Bertz CT molecular complexity index is 570. The molecular formula is C14H24N4O2. The second-order valence-electron chi connectivity index (χ2n) is 6.04. The van der Waals surface area contributed by atoms with Crippen molar-refractivity contribution in [2.24, 2.45) is 11.8 Å². The van der Waals surface area contributed by atoms with Crippen molar-refractivity contribution in [3.63, 3.8) is 0 Å². The predicted molar refractivity (Wildman–Crippen MR) is 81.0 cm³/mol. The third kappa shape index (κ3) is 3.23. The highest BCUT2D eigenvalue weighted by molar-refractivity contribution is 5.60. The summed E-state index contributed by atoms with van der Waals surface area (Å²) in [5.41, 5.74) is 5.43.